The van der Waals surface area contributed by atoms with Crippen LogP contribution in [0.2, 0.25) is 0 Å². The zero-order chi connectivity index (χ0) is 10.8. The number of hydrogen-bond donors (Lipinski definition) is 1. The lowest BCUT2D eigenvalue weighted by Gasteiger charge is -2.33. The SMILES string of the molecule is CC(C#N)N1CCCc2c(N)cccc21. The van der Waals surface area contributed by atoms with Gasteiger partial charge < -0.3 is 10.6 Å². The van der Waals surface area contributed by atoms with Crippen LogP contribution in [0.15, 0.2) is 18.2 Å². The van der Waals surface area contributed by atoms with Gasteiger partial charge in [-0.3, -0.25) is 0 Å². The van der Waals surface area contributed by atoms with E-state index < -0.39 is 0 Å². The lowest BCUT2D eigenvalue weighted by Crippen LogP contribution is -2.36. The van der Waals surface area contributed by atoms with Crippen molar-refractivity contribution in [3.05, 3.63) is 23.8 Å². The standard InChI is InChI=1S/C12H15N3/c1-9(8-13)15-7-3-4-10-11(14)5-2-6-12(10)15/h2,5-6,9H,3-4,7,14H2,1H3. The molecule has 0 radical (unpaired) electrons. The smallest absolute Gasteiger partial charge is 0.114 e. The fourth-order valence-electron chi connectivity index (χ4n) is 2.15. The summed E-state index contributed by atoms with van der Waals surface area (Å²) in [4.78, 5) is 2.13. The third-order valence-corrected chi connectivity index (χ3v) is 2.98. The Kier molecular flexibility index (Phi) is 2.51. The Labute approximate surface area is 90.1 Å². The number of rotatable bonds is 1. The van der Waals surface area contributed by atoms with Crippen molar-refractivity contribution in [1.82, 2.24) is 0 Å². The van der Waals surface area contributed by atoms with Gasteiger partial charge in [0.2, 0.25) is 0 Å². The number of benzene rings is 1. The Balaban J connectivity index is 2.44. The summed E-state index contributed by atoms with van der Waals surface area (Å²) >= 11 is 0. The summed E-state index contributed by atoms with van der Waals surface area (Å²) in [7, 11) is 0. The van der Waals surface area contributed by atoms with E-state index in [9.17, 15) is 0 Å². The van der Waals surface area contributed by atoms with Crippen molar-refractivity contribution in [2.75, 3.05) is 17.2 Å². The van der Waals surface area contributed by atoms with E-state index in [0.29, 0.717) is 0 Å². The minimum atomic E-state index is -0.0779. The number of nitrogen functional groups attached to an aromatic ring is 1. The van der Waals surface area contributed by atoms with E-state index in [2.05, 4.69) is 17.0 Å². The van der Waals surface area contributed by atoms with Gasteiger partial charge in [-0.2, -0.15) is 5.26 Å². The minimum absolute atomic E-state index is 0.0779. The second-order valence-electron chi connectivity index (χ2n) is 3.95. The normalized spacial score (nSPS) is 16.7. The van der Waals surface area contributed by atoms with Gasteiger partial charge in [-0.05, 0) is 37.5 Å². The highest BCUT2D eigenvalue weighted by molar-refractivity contribution is 5.67. The first-order chi connectivity index (χ1) is 7.24. The van der Waals surface area contributed by atoms with Crippen molar-refractivity contribution < 1.29 is 0 Å². The zero-order valence-electron chi connectivity index (χ0n) is 8.90. The summed E-state index contributed by atoms with van der Waals surface area (Å²) in [5.74, 6) is 0. The number of nitrogens with zero attached hydrogens (tertiary/aromatic N) is 2. The molecule has 15 heavy (non-hydrogen) atoms. The van der Waals surface area contributed by atoms with Gasteiger partial charge in [0.15, 0.2) is 0 Å². The summed E-state index contributed by atoms with van der Waals surface area (Å²) < 4.78 is 0. The van der Waals surface area contributed by atoms with Gasteiger partial charge in [0.05, 0.1) is 6.07 Å². The maximum atomic E-state index is 8.96. The second kappa shape index (κ2) is 3.82. The van der Waals surface area contributed by atoms with E-state index in [0.717, 1.165) is 30.8 Å². The molecule has 2 N–H and O–H groups in total. The van der Waals surface area contributed by atoms with Crippen LogP contribution in [0.1, 0.15) is 18.9 Å². The van der Waals surface area contributed by atoms with Crippen LogP contribution in [-0.4, -0.2) is 12.6 Å². The minimum Gasteiger partial charge on any atom is -0.398 e. The van der Waals surface area contributed by atoms with Gasteiger partial charge in [0, 0.05) is 17.9 Å². The van der Waals surface area contributed by atoms with Gasteiger partial charge >= 0.3 is 0 Å². The second-order valence-corrected chi connectivity index (χ2v) is 3.95. The molecule has 1 aromatic rings. The Hall–Kier alpha value is -1.69. The highest BCUT2D eigenvalue weighted by Gasteiger charge is 2.21. The molecule has 0 spiro atoms. The van der Waals surface area contributed by atoms with Crippen LogP contribution in [0, 0.1) is 11.3 Å². The molecule has 0 saturated heterocycles. The van der Waals surface area contributed by atoms with Crippen LogP contribution in [0.4, 0.5) is 11.4 Å². The lowest BCUT2D eigenvalue weighted by atomic mass is 9.99. The van der Waals surface area contributed by atoms with E-state index in [1.807, 2.05) is 19.1 Å². The summed E-state index contributed by atoms with van der Waals surface area (Å²) in [6.45, 7) is 2.88. The van der Waals surface area contributed by atoms with Crippen LogP contribution in [0.25, 0.3) is 0 Å². The van der Waals surface area contributed by atoms with E-state index in [-0.39, 0.29) is 6.04 Å². The van der Waals surface area contributed by atoms with Gasteiger partial charge in [-0.25, -0.2) is 0 Å². The fraction of sp³-hybridized carbons (Fsp3) is 0.417. The fourth-order valence-corrected chi connectivity index (χ4v) is 2.15. The van der Waals surface area contributed by atoms with Crippen molar-refractivity contribution in [1.29, 1.82) is 5.26 Å². The molecule has 1 aliphatic rings. The van der Waals surface area contributed by atoms with Crippen molar-refractivity contribution in [3.8, 4) is 6.07 Å². The summed E-state index contributed by atoms with van der Waals surface area (Å²) in [6, 6.07) is 8.14. The van der Waals surface area contributed by atoms with E-state index in [1.54, 1.807) is 0 Å². The number of hydrogen-bond acceptors (Lipinski definition) is 3. The first-order valence-corrected chi connectivity index (χ1v) is 5.27. The Morgan fingerprint density at radius 1 is 1.53 bits per heavy atom. The number of nitrogens with two attached hydrogens (primary N) is 1. The zero-order valence-corrected chi connectivity index (χ0v) is 8.90. The highest BCUT2D eigenvalue weighted by atomic mass is 15.2. The van der Waals surface area contributed by atoms with Crippen LogP contribution >= 0.6 is 0 Å². The number of fused-ring (bicyclic) bond motifs is 1. The average molecular weight is 201 g/mol. The largest absolute Gasteiger partial charge is 0.398 e. The van der Waals surface area contributed by atoms with Crippen LogP contribution in [0.5, 0.6) is 0 Å². The molecule has 0 saturated carbocycles. The Morgan fingerprint density at radius 3 is 3.07 bits per heavy atom. The molecule has 0 fully saturated rings. The summed E-state index contributed by atoms with van der Waals surface area (Å²) in [5.41, 5.74) is 9.12. The molecule has 3 heteroatoms. The molecule has 1 aliphatic heterocycles. The van der Waals surface area contributed by atoms with Gasteiger partial charge in [0.1, 0.15) is 6.04 Å². The van der Waals surface area contributed by atoms with Crippen molar-refractivity contribution in [2.45, 2.75) is 25.8 Å². The van der Waals surface area contributed by atoms with Gasteiger partial charge in [-0.1, -0.05) is 6.07 Å². The van der Waals surface area contributed by atoms with Gasteiger partial charge in [0.25, 0.3) is 0 Å². The van der Waals surface area contributed by atoms with Crippen LogP contribution < -0.4 is 10.6 Å². The average Bonchev–Trinajstić information content (AvgIpc) is 2.28. The molecule has 0 aromatic heterocycles. The van der Waals surface area contributed by atoms with E-state index in [1.165, 1.54) is 5.56 Å². The monoisotopic (exact) mass is 201 g/mol. The molecule has 1 heterocycles. The summed E-state index contributed by atoms with van der Waals surface area (Å²) in [6.07, 6.45) is 2.10. The highest BCUT2D eigenvalue weighted by Crippen LogP contribution is 2.32. The van der Waals surface area contributed by atoms with Crippen molar-refractivity contribution >= 4 is 11.4 Å². The van der Waals surface area contributed by atoms with Crippen molar-refractivity contribution in [3.63, 3.8) is 0 Å². The van der Waals surface area contributed by atoms with E-state index >= 15 is 0 Å². The maximum Gasteiger partial charge on any atom is 0.114 e. The topological polar surface area (TPSA) is 53.0 Å². The van der Waals surface area contributed by atoms with Gasteiger partial charge in [-0.15, -0.1) is 0 Å². The Bertz CT molecular complexity index is 406. The first kappa shape index (κ1) is 9.85. The molecule has 0 amide bonds. The number of anilines is 2. The predicted molar refractivity (Wildman–Crippen MR) is 61.6 cm³/mol. The maximum absolute atomic E-state index is 8.96. The quantitative estimate of drug-likeness (QED) is 0.706. The molecule has 78 valence electrons. The third-order valence-electron chi connectivity index (χ3n) is 2.98. The summed E-state index contributed by atoms with van der Waals surface area (Å²) in [5, 5.41) is 8.96. The first-order valence-electron chi connectivity index (χ1n) is 5.27. The lowest BCUT2D eigenvalue weighted by molar-refractivity contribution is 0.663. The molecule has 1 unspecified atom stereocenters. The Morgan fingerprint density at radius 2 is 2.33 bits per heavy atom. The predicted octanol–water partition coefficient (Wildman–Crippen LogP) is 1.93. The molecule has 0 aliphatic carbocycles. The molecular formula is C12H15N3. The van der Waals surface area contributed by atoms with Crippen LogP contribution in [-0.2, 0) is 6.42 Å². The molecule has 1 aromatic carbocycles. The third kappa shape index (κ3) is 1.63. The van der Waals surface area contributed by atoms with E-state index in [4.69, 9.17) is 11.0 Å². The molecule has 1 atom stereocenters. The molecular weight excluding hydrogens is 186 g/mol. The molecule has 0 bridgehead atoms. The number of nitriles is 1. The molecule has 3 nitrogen and oxygen atoms in total. The van der Waals surface area contributed by atoms with Crippen molar-refractivity contribution in [2.24, 2.45) is 0 Å². The molecule has 2 rings (SSSR count). The van der Waals surface area contributed by atoms with Crippen LogP contribution in [0.3, 0.4) is 0 Å².